The van der Waals surface area contributed by atoms with Crippen LogP contribution in [0.1, 0.15) is 12.8 Å². The summed E-state index contributed by atoms with van der Waals surface area (Å²) in [4.78, 5) is 2.19. The number of hydrogen-bond donors (Lipinski definition) is 2. The average Bonchev–Trinajstić information content (AvgIpc) is 1.80. The van der Waals surface area contributed by atoms with Crippen molar-refractivity contribution < 1.29 is 0 Å². The van der Waals surface area contributed by atoms with Gasteiger partial charge in [0, 0.05) is 6.54 Å². The van der Waals surface area contributed by atoms with E-state index in [-0.39, 0.29) is 0 Å². The standard InChI is InChI=1S/C6H16N2S/c1-8(2)6-4-3-5-7-9/h7,9H,3-6H2,1-2H3. The molecule has 56 valence electrons. The summed E-state index contributed by atoms with van der Waals surface area (Å²) in [6, 6.07) is 0. The highest BCUT2D eigenvalue weighted by atomic mass is 32.1. The lowest BCUT2D eigenvalue weighted by molar-refractivity contribution is 0.395. The SMILES string of the molecule is CN(C)CCCCNS. The predicted molar refractivity (Wildman–Crippen MR) is 44.8 cm³/mol. The van der Waals surface area contributed by atoms with Crippen LogP contribution < -0.4 is 4.72 Å². The lowest BCUT2D eigenvalue weighted by Crippen LogP contribution is -2.14. The molecular formula is C6H16N2S. The van der Waals surface area contributed by atoms with E-state index in [9.17, 15) is 0 Å². The fourth-order valence-corrected chi connectivity index (χ4v) is 0.790. The van der Waals surface area contributed by atoms with Crippen LogP contribution in [0.15, 0.2) is 0 Å². The average molecular weight is 148 g/mol. The highest BCUT2D eigenvalue weighted by Crippen LogP contribution is 1.88. The third-order valence-electron chi connectivity index (χ3n) is 1.14. The molecule has 0 fully saturated rings. The first-order valence-corrected chi connectivity index (χ1v) is 3.74. The van der Waals surface area contributed by atoms with Crippen molar-refractivity contribution in [2.75, 3.05) is 27.2 Å². The molecule has 0 atom stereocenters. The van der Waals surface area contributed by atoms with Gasteiger partial charge in [0.2, 0.25) is 0 Å². The first kappa shape index (κ1) is 9.27. The third-order valence-corrected chi connectivity index (χ3v) is 1.37. The largest absolute Gasteiger partial charge is 0.309 e. The predicted octanol–water partition coefficient (Wildman–Crippen LogP) is 0.763. The van der Waals surface area contributed by atoms with Crippen molar-refractivity contribution in [1.82, 2.24) is 9.62 Å². The van der Waals surface area contributed by atoms with Gasteiger partial charge in [-0.25, -0.2) is 0 Å². The first-order valence-electron chi connectivity index (χ1n) is 3.29. The molecule has 0 saturated carbocycles. The Morgan fingerprint density at radius 3 is 2.44 bits per heavy atom. The van der Waals surface area contributed by atoms with E-state index < -0.39 is 0 Å². The second-order valence-electron chi connectivity index (χ2n) is 2.42. The fourth-order valence-electron chi connectivity index (χ4n) is 0.632. The lowest BCUT2D eigenvalue weighted by atomic mass is 10.3. The summed E-state index contributed by atoms with van der Waals surface area (Å²) in [5, 5.41) is 0. The van der Waals surface area contributed by atoms with E-state index in [0.29, 0.717) is 0 Å². The van der Waals surface area contributed by atoms with Crippen molar-refractivity contribution in [3.05, 3.63) is 0 Å². The van der Waals surface area contributed by atoms with Crippen molar-refractivity contribution in [1.29, 1.82) is 0 Å². The second-order valence-corrected chi connectivity index (χ2v) is 2.73. The molecule has 9 heavy (non-hydrogen) atoms. The number of rotatable bonds is 5. The topological polar surface area (TPSA) is 15.3 Å². The number of nitrogens with zero attached hydrogens (tertiary/aromatic N) is 1. The summed E-state index contributed by atoms with van der Waals surface area (Å²) in [5.41, 5.74) is 0. The summed E-state index contributed by atoms with van der Waals surface area (Å²) in [7, 11) is 4.18. The lowest BCUT2D eigenvalue weighted by Gasteiger charge is -2.07. The highest BCUT2D eigenvalue weighted by Gasteiger charge is 1.88. The zero-order valence-corrected chi connectivity index (χ0v) is 7.12. The molecule has 0 aromatic rings. The van der Waals surface area contributed by atoms with E-state index in [4.69, 9.17) is 0 Å². The second kappa shape index (κ2) is 6.39. The molecule has 0 saturated heterocycles. The molecule has 0 aliphatic carbocycles. The Labute approximate surface area is 63.2 Å². The van der Waals surface area contributed by atoms with Gasteiger partial charge in [0.05, 0.1) is 0 Å². The summed E-state index contributed by atoms with van der Waals surface area (Å²) in [6.07, 6.45) is 2.46. The Morgan fingerprint density at radius 2 is 2.00 bits per heavy atom. The Hall–Kier alpha value is 0.270. The zero-order chi connectivity index (χ0) is 7.11. The van der Waals surface area contributed by atoms with Crippen LogP contribution in [0.3, 0.4) is 0 Å². The summed E-state index contributed by atoms with van der Waals surface area (Å²) >= 11 is 3.88. The Kier molecular flexibility index (Phi) is 6.58. The first-order chi connectivity index (χ1) is 4.27. The van der Waals surface area contributed by atoms with Gasteiger partial charge < -0.3 is 4.90 Å². The van der Waals surface area contributed by atoms with Crippen LogP contribution in [0.4, 0.5) is 0 Å². The van der Waals surface area contributed by atoms with Gasteiger partial charge in [0.1, 0.15) is 0 Å². The number of hydrogen-bond acceptors (Lipinski definition) is 3. The molecule has 0 spiro atoms. The molecule has 0 aliphatic heterocycles. The van der Waals surface area contributed by atoms with Gasteiger partial charge in [-0.3, -0.25) is 4.72 Å². The van der Waals surface area contributed by atoms with Crippen molar-refractivity contribution in [3.63, 3.8) is 0 Å². The van der Waals surface area contributed by atoms with Gasteiger partial charge in [-0.15, -0.1) is 0 Å². The molecule has 0 aliphatic rings. The zero-order valence-electron chi connectivity index (χ0n) is 6.22. The van der Waals surface area contributed by atoms with Crippen molar-refractivity contribution in [3.8, 4) is 0 Å². The molecule has 3 heteroatoms. The summed E-state index contributed by atoms with van der Waals surface area (Å²) in [5.74, 6) is 0. The minimum absolute atomic E-state index is 1.01. The van der Waals surface area contributed by atoms with Crippen LogP contribution in [-0.2, 0) is 0 Å². The molecule has 0 rings (SSSR count). The molecule has 1 N–H and O–H groups in total. The van der Waals surface area contributed by atoms with Crippen LogP contribution >= 0.6 is 12.8 Å². The third kappa shape index (κ3) is 8.27. The smallest absolute Gasteiger partial charge is 0.00566 e. The van der Waals surface area contributed by atoms with Crippen molar-refractivity contribution in [2.24, 2.45) is 0 Å². The van der Waals surface area contributed by atoms with Gasteiger partial charge >= 0.3 is 0 Å². The molecule has 2 nitrogen and oxygen atoms in total. The maximum absolute atomic E-state index is 3.88. The van der Waals surface area contributed by atoms with Crippen LogP contribution in [0.2, 0.25) is 0 Å². The van der Waals surface area contributed by atoms with Crippen molar-refractivity contribution in [2.45, 2.75) is 12.8 Å². The quantitative estimate of drug-likeness (QED) is 0.442. The molecular weight excluding hydrogens is 132 g/mol. The van der Waals surface area contributed by atoms with E-state index in [1.54, 1.807) is 0 Å². The van der Waals surface area contributed by atoms with Crippen LogP contribution in [0, 0.1) is 0 Å². The number of thiol groups is 1. The molecule has 0 aromatic carbocycles. The van der Waals surface area contributed by atoms with E-state index in [1.807, 2.05) is 0 Å². The monoisotopic (exact) mass is 148 g/mol. The van der Waals surface area contributed by atoms with E-state index in [1.165, 1.54) is 19.4 Å². The summed E-state index contributed by atoms with van der Waals surface area (Å²) < 4.78 is 2.82. The van der Waals surface area contributed by atoms with Crippen LogP contribution in [-0.4, -0.2) is 32.1 Å². The van der Waals surface area contributed by atoms with E-state index >= 15 is 0 Å². The van der Waals surface area contributed by atoms with E-state index in [0.717, 1.165) is 6.54 Å². The summed E-state index contributed by atoms with van der Waals surface area (Å²) in [6.45, 7) is 2.19. The van der Waals surface area contributed by atoms with E-state index in [2.05, 4.69) is 36.5 Å². The Morgan fingerprint density at radius 1 is 1.33 bits per heavy atom. The number of unbranched alkanes of at least 4 members (excludes halogenated alkanes) is 1. The Bertz CT molecular complexity index is 57.0. The van der Waals surface area contributed by atoms with Gasteiger partial charge in [0.15, 0.2) is 0 Å². The normalized spacial score (nSPS) is 10.7. The van der Waals surface area contributed by atoms with Crippen molar-refractivity contribution >= 4 is 12.8 Å². The highest BCUT2D eigenvalue weighted by molar-refractivity contribution is 7.78. The molecule has 0 radical (unpaired) electrons. The fraction of sp³-hybridized carbons (Fsp3) is 1.00. The van der Waals surface area contributed by atoms with Gasteiger partial charge in [0.25, 0.3) is 0 Å². The minimum atomic E-state index is 1.01. The van der Waals surface area contributed by atoms with Gasteiger partial charge in [-0.1, -0.05) is 12.8 Å². The molecule has 0 heterocycles. The molecule has 0 bridgehead atoms. The Balaban J connectivity index is 2.75. The van der Waals surface area contributed by atoms with Gasteiger partial charge in [-0.2, -0.15) is 0 Å². The maximum atomic E-state index is 3.88. The van der Waals surface area contributed by atoms with Crippen LogP contribution in [0.25, 0.3) is 0 Å². The molecule has 0 amide bonds. The molecule has 0 unspecified atom stereocenters. The number of nitrogens with one attached hydrogen (secondary N) is 1. The maximum Gasteiger partial charge on any atom is 0.00566 e. The van der Waals surface area contributed by atoms with Gasteiger partial charge in [-0.05, 0) is 33.5 Å². The minimum Gasteiger partial charge on any atom is -0.309 e. The van der Waals surface area contributed by atoms with Crippen LogP contribution in [0.5, 0.6) is 0 Å². The molecule has 0 aromatic heterocycles.